The van der Waals surface area contributed by atoms with E-state index in [4.69, 9.17) is 0 Å². The van der Waals surface area contributed by atoms with Gasteiger partial charge in [-0.25, -0.2) is 13.6 Å². The smallest absolute Gasteiger partial charge is 0.321 e. The number of anilines is 2. The zero-order chi connectivity index (χ0) is 25.6. The van der Waals surface area contributed by atoms with Gasteiger partial charge in [-0.05, 0) is 66.3 Å². The summed E-state index contributed by atoms with van der Waals surface area (Å²) in [5.41, 5.74) is 1.46. The SMILES string of the molecule is O=C(Nc1cccc2ccccc12)N1CCC2(CC1)C(=O)N(c1ccc(F)cc1)C2c1ccc(F)cc1. The van der Waals surface area contributed by atoms with Crippen LogP contribution in [0.25, 0.3) is 10.8 Å². The largest absolute Gasteiger partial charge is 0.324 e. The second-order valence-electron chi connectivity index (χ2n) is 9.71. The predicted molar refractivity (Wildman–Crippen MR) is 139 cm³/mol. The molecule has 1 unspecified atom stereocenters. The number of halogens is 2. The van der Waals surface area contributed by atoms with E-state index in [1.165, 1.54) is 24.3 Å². The van der Waals surface area contributed by atoms with Crippen molar-refractivity contribution in [2.75, 3.05) is 23.3 Å². The molecule has 7 heteroatoms. The summed E-state index contributed by atoms with van der Waals surface area (Å²) >= 11 is 0. The van der Waals surface area contributed by atoms with Gasteiger partial charge >= 0.3 is 6.03 Å². The quantitative estimate of drug-likeness (QED) is 0.328. The van der Waals surface area contributed by atoms with Crippen molar-refractivity contribution in [3.8, 4) is 0 Å². The van der Waals surface area contributed by atoms with Crippen LogP contribution in [0.2, 0.25) is 0 Å². The summed E-state index contributed by atoms with van der Waals surface area (Å²) in [4.78, 5) is 30.2. The highest BCUT2D eigenvalue weighted by Crippen LogP contribution is 2.57. The molecule has 2 saturated heterocycles. The van der Waals surface area contributed by atoms with Gasteiger partial charge in [0.25, 0.3) is 0 Å². The van der Waals surface area contributed by atoms with E-state index in [-0.39, 0.29) is 29.6 Å². The van der Waals surface area contributed by atoms with Crippen molar-refractivity contribution in [3.05, 3.63) is 108 Å². The number of β-lactam (4-membered cyclic amide) rings is 1. The number of piperidine rings is 1. The van der Waals surface area contributed by atoms with Gasteiger partial charge in [0.2, 0.25) is 5.91 Å². The number of urea groups is 1. The van der Waals surface area contributed by atoms with Crippen molar-refractivity contribution < 1.29 is 18.4 Å². The fourth-order valence-electron chi connectivity index (χ4n) is 5.76. The van der Waals surface area contributed by atoms with Gasteiger partial charge < -0.3 is 15.1 Å². The average molecular weight is 498 g/mol. The lowest BCUT2D eigenvalue weighted by molar-refractivity contribution is -0.144. The third-order valence-electron chi connectivity index (χ3n) is 7.69. The molecule has 3 amide bonds. The molecule has 0 aromatic heterocycles. The van der Waals surface area contributed by atoms with Crippen molar-refractivity contribution in [2.45, 2.75) is 18.9 Å². The molecule has 6 rings (SSSR count). The lowest BCUT2D eigenvalue weighted by atomic mass is 9.62. The van der Waals surface area contributed by atoms with E-state index >= 15 is 0 Å². The van der Waals surface area contributed by atoms with Crippen LogP contribution in [0, 0.1) is 17.0 Å². The van der Waals surface area contributed by atoms with E-state index in [0.29, 0.717) is 31.6 Å². The molecule has 37 heavy (non-hydrogen) atoms. The van der Waals surface area contributed by atoms with Gasteiger partial charge in [-0.2, -0.15) is 0 Å². The van der Waals surface area contributed by atoms with Crippen LogP contribution < -0.4 is 10.2 Å². The fraction of sp³-hybridized carbons (Fsp3) is 0.200. The Hall–Kier alpha value is -4.26. The first-order valence-electron chi connectivity index (χ1n) is 12.3. The van der Waals surface area contributed by atoms with Crippen LogP contribution in [0.4, 0.5) is 25.0 Å². The van der Waals surface area contributed by atoms with Crippen LogP contribution in [-0.4, -0.2) is 29.9 Å². The van der Waals surface area contributed by atoms with Crippen molar-refractivity contribution in [1.29, 1.82) is 0 Å². The summed E-state index contributed by atoms with van der Waals surface area (Å²) in [5.74, 6) is -0.783. The van der Waals surface area contributed by atoms with Gasteiger partial charge in [-0.15, -0.1) is 0 Å². The summed E-state index contributed by atoms with van der Waals surface area (Å²) in [5, 5.41) is 5.04. The highest BCUT2D eigenvalue weighted by atomic mass is 19.1. The van der Waals surface area contributed by atoms with Gasteiger partial charge in [0, 0.05) is 24.2 Å². The first-order chi connectivity index (χ1) is 18.0. The fourth-order valence-corrected chi connectivity index (χ4v) is 5.76. The summed E-state index contributed by atoms with van der Waals surface area (Å²) in [6.07, 6.45) is 0.961. The Morgan fingerprint density at radius 3 is 2.14 bits per heavy atom. The number of amides is 3. The molecule has 0 saturated carbocycles. The Morgan fingerprint density at radius 1 is 0.811 bits per heavy atom. The zero-order valence-corrected chi connectivity index (χ0v) is 20.0. The second-order valence-corrected chi connectivity index (χ2v) is 9.71. The Labute approximate surface area is 213 Å². The number of hydrogen-bond donors (Lipinski definition) is 1. The molecule has 0 radical (unpaired) electrons. The Bertz CT molecular complexity index is 1470. The molecule has 2 aliphatic heterocycles. The standard InChI is InChI=1S/C30H25F2N3O2/c31-22-10-8-21(9-11-22)27-30(28(36)35(27)24-14-12-23(32)13-15-24)16-18-34(19-17-30)29(37)33-26-7-3-5-20-4-1-2-6-25(20)26/h1-15,27H,16-19H2,(H,33,37). The minimum atomic E-state index is -0.706. The topological polar surface area (TPSA) is 52.7 Å². The Morgan fingerprint density at radius 2 is 1.43 bits per heavy atom. The lowest BCUT2D eigenvalue weighted by Crippen LogP contribution is -2.67. The van der Waals surface area contributed by atoms with E-state index in [0.717, 1.165) is 22.0 Å². The van der Waals surface area contributed by atoms with Crippen LogP contribution >= 0.6 is 0 Å². The average Bonchev–Trinajstić information content (AvgIpc) is 2.93. The predicted octanol–water partition coefficient (Wildman–Crippen LogP) is 6.52. The number of benzene rings is 4. The molecule has 2 heterocycles. The molecule has 1 atom stereocenters. The molecular formula is C30H25F2N3O2. The highest BCUT2D eigenvalue weighted by Gasteiger charge is 2.62. The summed E-state index contributed by atoms with van der Waals surface area (Å²) in [6.45, 7) is 0.828. The molecule has 0 bridgehead atoms. The van der Waals surface area contributed by atoms with Crippen molar-refractivity contribution >= 4 is 34.1 Å². The Kier molecular flexibility index (Phi) is 5.63. The molecule has 1 N–H and O–H groups in total. The first kappa shape index (κ1) is 23.2. The molecule has 1 spiro atoms. The van der Waals surface area contributed by atoms with E-state index < -0.39 is 5.41 Å². The van der Waals surface area contributed by atoms with Gasteiger partial charge in [0.15, 0.2) is 0 Å². The maximum atomic E-state index is 13.7. The van der Waals surface area contributed by atoms with Crippen LogP contribution in [0.3, 0.4) is 0 Å². The molecule has 2 aliphatic rings. The normalized spacial score (nSPS) is 18.6. The third kappa shape index (κ3) is 3.91. The third-order valence-corrected chi connectivity index (χ3v) is 7.69. The minimum Gasteiger partial charge on any atom is -0.324 e. The van der Waals surface area contributed by atoms with E-state index in [1.54, 1.807) is 34.1 Å². The van der Waals surface area contributed by atoms with Gasteiger partial charge in [0.05, 0.1) is 17.1 Å². The zero-order valence-electron chi connectivity index (χ0n) is 20.0. The molecule has 186 valence electrons. The number of hydrogen-bond acceptors (Lipinski definition) is 2. The maximum absolute atomic E-state index is 13.7. The number of rotatable bonds is 3. The van der Waals surface area contributed by atoms with Gasteiger partial charge in [-0.1, -0.05) is 48.5 Å². The van der Waals surface area contributed by atoms with Gasteiger partial charge in [0.1, 0.15) is 11.6 Å². The van der Waals surface area contributed by atoms with Crippen molar-refractivity contribution in [2.24, 2.45) is 5.41 Å². The van der Waals surface area contributed by atoms with E-state index in [1.807, 2.05) is 42.5 Å². The van der Waals surface area contributed by atoms with E-state index in [2.05, 4.69) is 5.32 Å². The number of carbonyl (C=O) groups is 2. The molecule has 0 aliphatic carbocycles. The number of nitrogens with one attached hydrogen (secondary N) is 1. The van der Waals surface area contributed by atoms with E-state index in [9.17, 15) is 18.4 Å². The van der Waals surface area contributed by atoms with Crippen LogP contribution in [0.1, 0.15) is 24.4 Å². The van der Waals surface area contributed by atoms with Gasteiger partial charge in [-0.3, -0.25) is 4.79 Å². The molecular weight excluding hydrogens is 472 g/mol. The Balaban J connectivity index is 1.23. The second kappa shape index (κ2) is 9.00. The molecule has 5 nitrogen and oxygen atoms in total. The molecule has 4 aromatic rings. The minimum absolute atomic E-state index is 0.0532. The number of fused-ring (bicyclic) bond motifs is 1. The summed E-state index contributed by atoms with van der Waals surface area (Å²) in [6, 6.07) is 25.1. The first-order valence-corrected chi connectivity index (χ1v) is 12.3. The number of likely N-dealkylation sites (tertiary alicyclic amines) is 1. The molecule has 4 aromatic carbocycles. The van der Waals surface area contributed by atoms with Crippen LogP contribution in [-0.2, 0) is 4.79 Å². The maximum Gasteiger partial charge on any atom is 0.321 e. The monoisotopic (exact) mass is 497 g/mol. The summed E-state index contributed by atoms with van der Waals surface area (Å²) < 4.78 is 27.2. The van der Waals surface area contributed by atoms with Crippen molar-refractivity contribution in [1.82, 2.24) is 4.90 Å². The van der Waals surface area contributed by atoms with Crippen molar-refractivity contribution in [3.63, 3.8) is 0 Å². The number of nitrogens with zero attached hydrogens (tertiary/aromatic N) is 2. The highest BCUT2D eigenvalue weighted by molar-refractivity contribution is 6.07. The molecule has 2 fully saturated rings. The lowest BCUT2D eigenvalue weighted by Gasteiger charge is -2.59. The number of carbonyl (C=O) groups excluding carboxylic acids is 2. The van der Waals surface area contributed by atoms with Crippen LogP contribution in [0.15, 0.2) is 91.0 Å². The summed E-state index contributed by atoms with van der Waals surface area (Å²) in [7, 11) is 0. The van der Waals surface area contributed by atoms with Crippen LogP contribution in [0.5, 0.6) is 0 Å².